The van der Waals surface area contributed by atoms with Crippen molar-refractivity contribution in [2.24, 2.45) is 5.92 Å². The number of aliphatic hydroxyl groups is 1. The lowest BCUT2D eigenvalue weighted by Crippen LogP contribution is -2.34. The van der Waals surface area contributed by atoms with Crippen LogP contribution in [-0.2, 0) is 17.3 Å². The minimum atomic E-state index is -0.0464. The minimum Gasteiger partial charge on any atom is -0.393 e. The molecule has 0 amide bonds. The van der Waals surface area contributed by atoms with Crippen LogP contribution in [0.4, 0.5) is 0 Å². The molecule has 1 fully saturated rings. The number of rotatable bonds is 2. The third kappa shape index (κ3) is 2.30. The number of hydrogen-bond acceptors (Lipinski definition) is 1. The van der Waals surface area contributed by atoms with E-state index in [-0.39, 0.29) is 11.5 Å². The van der Waals surface area contributed by atoms with Gasteiger partial charge in [0.1, 0.15) is 0 Å². The molecule has 0 heterocycles. The molecule has 0 aromatic heterocycles. The average molecular weight is 272 g/mol. The summed E-state index contributed by atoms with van der Waals surface area (Å²) in [7, 11) is 0. The van der Waals surface area contributed by atoms with Crippen molar-refractivity contribution in [3.8, 4) is 0 Å². The van der Waals surface area contributed by atoms with Crippen LogP contribution in [0, 0.1) is 12.8 Å². The van der Waals surface area contributed by atoms with Crippen LogP contribution in [0.2, 0.25) is 0 Å². The van der Waals surface area contributed by atoms with Crippen molar-refractivity contribution in [1.29, 1.82) is 0 Å². The van der Waals surface area contributed by atoms with Crippen LogP contribution in [-0.4, -0.2) is 11.2 Å². The highest BCUT2D eigenvalue weighted by atomic mass is 16.3. The van der Waals surface area contributed by atoms with Gasteiger partial charge in [-0.2, -0.15) is 0 Å². The second-order valence-corrected chi connectivity index (χ2v) is 8.36. The summed E-state index contributed by atoms with van der Waals surface area (Å²) in [5.74, 6) is 0.506. The lowest BCUT2D eigenvalue weighted by molar-refractivity contribution is 0.259. The SMILES string of the molecule is Cc1cc2c(cc1CC1CC1O)C(C)(C)CCC2(C)C. The van der Waals surface area contributed by atoms with E-state index in [4.69, 9.17) is 0 Å². The molecule has 1 nitrogen and oxygen atoms in total. The largest absolute Gasteiger partial charge is 0.393 e. The summed E-state index contributed by atoms with van der Waals surface area (Å²) < 4.78 is 0. The maximum Gasteiger partial charge on any atom is 0.0576 e. The van der Waals surface area contributed by atoms with Crippen molar-refractivity contribution in [3.63, 3.8) is 0 Å². The Bertz CT molecular complexity index is 539. The third-order valence-electron chi connectivity index (χ3n) is 5.68. The Morgan fingerprint density at radius 2 is 1.55 bits per heavy atom. The fraction of sp³-hybridized carbons (Fsp3) is 0.684. The number of hydrogen-bond donors (Lipinski definition) is 1. The van der Waals surface area contributed by atoms with E-state index in [0.29, 0.717) is 11.3 Å². The van der Waals surface area contributed by atoms with Gasteiger partial charge in [-0.25, -0.2) is 0 Å². The van der Waals surface area contributed by atoms with Crippen molar-refractivity contribution in [2.75, 3.05) is 0 Å². The van der Waals surface area contributed by atoms with Crippen LogP contribution in [0.1, 0.15) is 69.2 Å². The molecule has 2 aliphatic carbocycles. The number of aryl methyl sites for hydroxylation is 1. The Morgan fingerprint density at radius 3 is 2.05 bits per heavy atom. The van der Waals surface area contributed by atoms with E-state index in [1.54, 1.807) is 11.1 Å². The molecule has 3 rings (SSSR count). The third-order valence-corrected chi connectivity index (χ3v) is 5.68. The van der Waals surface area contributed by atoms with E-state index in [2.05, 4.69) is 46.8 Å². The molecule has 2 aliphatic rings. The Balaban J connectivity index is 2.05. The summed E-state index contributed by atoms with van der Waals surface area (Å²) in [6.45, 7) is 11.8. The second kappa shape index (κ2) is 4.34. The molecule has 1 aromatic rings. The Labute approximate surface area is 123 Å². The standard InChI is InChI=1S/C19H28O/c1-12-8-15-16(10-13(12)9-14-11-17(14)20)19(4,5)7-6-18(15,2)3/h8,10,14,17,20H,6-7,9,11H2,1-5H3. The lowest BCUT2D eigenvalue weighted by Gasteiger charge is -2.42. The molecule has 2 atom stereocenters. The summed E-state index contributed by atoms with van der Waals surface area (Å²) in [5, 5.41) is 9.60. The molecule has 0 aliphatic heterocycles. The zero-order chi connectivity index (χ0) is 14.7. The first-order chi connectivity index (χ1) is 9.21. The van der Waals surface area contributed by atoms with Gasteiger partial charge in [-0.3, -0.25) is 0 Å². The molecular weight excluding hydrogens is 244 g/mol. The molecule has 1 saturated carbocycles. The quantitative estimate of drug-likeness (QED) is 0.852. The number of aliphatic hydroxyl groups excluding tert-OH is 1. The fourth-order valence-corrected chi connectivity index (χ4v) is 3.72. The first-order valence-corrected chi connectivity index (χ1v) is 8.03. The van der Waals surface area contributed by atoms with E-state index in [9.17, 15) is 5.11 Å². The molecule has 0 radical (unpaired) electrons. The molecule has 1 N–H and O–H groups in total. The maximum atomic E-state index is 9.60. The summed E-state index contributed by atoms with van der Waals surface area (Å²) in [6.07, 6.45) is 4.53. The highest BCUT2D eigenvalue weighted by molar-refractivity contribution is 5.47. The van der Waals surface area contributed by atoms with Gasteiger partial charge in [0.25, 0.3) is 0 Å². The lowest BCUT2D eigenvalue weighted by atomic mass is 9.62. The van der Waals surface area contributed by atoms with Crippen molar-refractivity contribution < 1.29 is 5.11 Å². The van der Waals surface area contributed by atoms with Crippen LogP contribution in [0.15, 0.2) is 12.1 Å². The van der Waals surface area contributed by atoms with Crippen LogP contribution in [0.25, 0.3) is 0 Å². The molecule has 0 saturated heterocycles. The van der Waals surface area contributed by atoms with Crippen molar-refractivity contribution >= 4 is 0 Å². The fourth-order valence-electron chi connectivity index (χ4n) is 3.72. The van der Waals surface area contributed by atoms with E-state index in [1.807, 2.05) is 0 Å². The minimum absolute atomic E-state index is 0.0464. The van der Waals surface area contributed by atoms with E-state index in [1.165, 1.54) is 24.0 Å². The number of fused-ring (bicyclic) bond motifs is 1. The number of benzene rings is 1. The van der Waals surface area contributed by atoms with Crippen LogP contribution in [0.3, 0.4) is 0 Å². The van der Waals surface area contributed by atoms with Gasteiger partial charge in [-0.1, -0.05) is 39.8 Å². The maximum absolute atomic E-state index is 9.60. The van der Waals surface area contributed by atoms with Crippen molar-refractivity contribution in [3.05, 3.63) is 34.4 Å². The topological polar surface area (TPSA) is 20.2 Å². The van der Waals surface area contributed by atoms with Gasteiger partial charge in [-0.05, 0) is 71.6 Å². The normalized spacial score (nSPS) is 29.9. The predicted molar refractivity (Wildman–Crippen MR) is 84.3 cm³/mol. The van der Waals surface area contributed by atoms with Gasteiger partial charge in [0.2, 0.25) is 0 Å². The van der Waals surface area contributed by atoms with E-state index < -0.39 is 0 Å². The molecule has 110 valence electrons. The molecule has 0 bridgehead atoms. The summed E-state index contributed by atoms with van der Waals surface area (Å²) in [4.78, 5) is 0. The summed E-state index contributed by atoms with van der Waals surface area (Å²) >= 11 is 0. The van der Waals surface area contributed by atoms with Crippen LogP contribution < -0.4 is 0 Å². The summed E-state index contributed by atoms with van der Waals surface area (Å²) in [5.41, 5.74) is 6.54. The van der Waals surface area contributed by atoms with Crippen molar-refractivity contribution in [2.45, 2.75) is 77.2 Å². The summed E-state index contributed by atoms with van der Waals surface area (Å²) in [6, 6.07) is 4.89. The first kappa shape index (κ1) is 14.1. The van der Waals surface area contributed by atoms with Gasteiger partial charge in [-0.15, -0.1) is 0 Å². The molecule has 2 unspecified atom stereocenters. The van der Waals surface area contributed by atoms with Crippen LogP contribution >= 0.6 is 0 Å². The van der Waals surface area contributed by atoms with E-state index >= 15 is 0 Å². The molecule has 1 aromatic carbocycles. The molecular formula is C19H28O. The molecule has 20 heavy (non-hydrogen) atoms. The highest BCUT2D eigenvalue weighted by Crippen LogP contribution is 2.47. The Hall–Kier alpha value is -0.820. The molecule has 0 spiro atoms. The zero-order valence-corrected chi connectivity index (χ0v) is 13.6. The van der Waals surface area contributed by atoms with Gasteiger partial charge >= 0.3 is 0 Å². The smallest absolute Gasteiger partial charge is 0.0576 e. The monoisotopic (exact) mass is 272 g/mol. The van der Waals surface area contributed by atoms with Gasteiger partial charge in [0.15, 0.2) is 0 Å². The Kier molecular flexibility index (Phi) is 3.06. The Morgan fingerprint density at radius 1 is 1.05 bits per heavy atom. The average Bonchev–Trinajstić information content (AvgIpc) is 3.03. The predicted octanol–water partition coefficient (Wildman–Crippen LogP) is 4.27. The van der Waals surface area contributed by atoms with Gasteiger partial charge in [0.05, 0.1) is 6.10 Å². The van der Waals surface area contributed by atoms with E-state index in [0.717, 1.165) is 12.8 Å². The van der Waals surface area contributed by atoms with Crippen LogP contribution in [0.5, 0.6) is 0 Å². The highest BCUT2D eigenvalue weighted by Gasteiger charge is 2.39. The second-order valence-electron chi connectivity index (χ2n) is 8.36. The van der Waals surface area contributed by atoms with Gasteiger partial charge in [0, 0.05) is 0 Å². The van der Waals surface area contributed by atoms with Gasteiger partial charge < -0.3 is 5.11 Å². The van der Waals surface area contributed by atoms with Crippen molar-refractivity contribution in [1.82, 2.24) is 0 Å². The zero-order valence-electron chi connectivity index (χ0n) is 13.6. The molecule has 1 heteroatoms. The first-order valence-electron chi connectivity index (χ1n) is 8.03.